The standard InChI is InChI=1S/C13H14F4N2O2/c14-12(15)13(16,17)7-20-6-9(19-18)11-5-8-3-1-2-4-10(8)21-11/h1-5,9,12,19H,6-7,18H2. The zero-order valence-electron chi connectivity index (χ0n) is 10.9. The fourth-order valence-corrected chi connectivity index (χ4v) is 1.76. The minimum absolute atomic E-state index is 0.321. The van der Waals surface area contributed by atoms with E-state index in [1.165, 1.54) is 0 Å². The van der Waals surface area contributed by atoms with E-state index in [0.29, 0.717) is 11.3 Å². The predicted molar refractivity (Wildman–Crippen MR) is 68.0 cm³/mol. The van der Waals surface area contributed by atoms with Crippen LogP contribution >= 0.6 is 0 Å². The quantitative estimate of drug-likeness (QED) is 0.469. The molecule has 4 nitrogen and oxygen atoms in total. The Morgan fingerprint density at radius 3 is 2.62 bits per heavy atom. The third kappa shape index (κ3) is 3.72. The molecule has 1 unspecified atom stereocenters. The second kappa shape index (κ2) is 6.42. The van der Waals surface area contributed by atoms with Crippen LogP contribution in [-0.4, -0.2) is 25.6 Å². The summed E-state index contributed by atoms with van der Waals surface area (Å²) in [4.78, 5) is 0. The number of hydrazine groups is 1. The molecule has 0 spiro atoms. The van der Waals surface area contributed by atoms with E-state index in [-0.39, 0.29) is 6.61 Å². The largest absolute Gasteiger partial charge is 0.459 e. The van der Waals surface area contributed by atoms with Gasteiger partial charge in [-0.1, -0.05) is 18.2 Å². The molecular formula is C13H14F4N2O2. The third-order valence-electron chi connectivity index (χ3n) is 2.89. The number of nitrogens with one attached hydrogen (secondary N) is 1. The first-order valence-corrected chi connectivity index (χ1v) is 6.12. The van der Waals surface area contributed by atoms with Crippen LogP contribution in [0.2, 0.25) is 0 Å². The highest BCUT2D eigenvalue weighted by atomic mass is 19.3. The Hall–Kier alpha value is -1.64. The van der Waals surface area contributed by atoms with Gasteiger partial charge in [-0.05, 0) is 12.1 Å². The summed E-state index contributed by atoms with van der Waals surface area (Å²) in [6.07, 6.45) is -3.77. The fraction of sp³-hybridized carbons (Fsp3) is 0.385. The van der Waals surface area contributed by atoms with Gasteiger partial charge in [0.25, 0.3) is 0 Å². The maximum atomic E-state index is 12.7. The minimum Gasteiger partial charge on any atom is -0.459 e. The van der Waals surface area contributed by atoms with Crippen LogP contribution in [-0.2, 0) is 4.74 Å². The van der Waals surface area contributed by atoms with Gasteiger partial charge in [-0.15, -0.1) is 0 Å². The van der Waals surface area contributed by atoms with Gasteiger partial charge in [0, 0.05) is 5.39 Å². The van der Waals surface area contributed by atoms with Gasteiger partial charge in [0.15, 0.2) is 0 Å². The Bertz CT molecular complexity index is 555. The second-order valence-electron chi connectivity index (χ2n) is 4.48. The van der Waals surface area contributed by atoms with Gasteiger partial charge in [-0.3, -0.25) is 5.84 Å². The molecule has 8 heteroatoms. The van der Waals surface area contributed by atoms with Crippen molar-refractivity contribution in [1.82, 2.24) is 5.43 Å². The van der Waals surface area contributed by atoms with Crippen molar-refractivity contribution in [3.05, 3.63) is 36.1 Å². The lowest BCUT2D eigenvalue weighted by Crippen LogP contribution is -2.36. The van der Waals surface area contributed by atoms with Crippen LogP contribution in [0, 0.1) is 0 Å². The van der Waals surface area contributed by atoms with Crippen molar-refractivity contribution in [3.63, 3.8) is 0 Å². The number of para-hydroxylation sites is 1. The predicted octanol–water partition coefficient (Wildman–Crippen LogP) is 2.85. The highest BCUT2D eigenvalue weighted by Crippen LogP contribution is 2.26. The molecule has 1 aromatic carbocycles. The normalized spacial score (nSPS) is 14.0. The van der Waals surface area contributed by atoms with Crippen LogP contribution in [0.1, 0.15) is 11.8 Å². The lowest BCUT2D eigenvalue weighted by Gasteiger charge is -2.18. The number of hydrogen-bond acceptors (Lipinski definition) is 4. The van der Waals surface area contributed by atoms with Crippen molar-refractivity contribution in [3.8, 4) is 0 Å². The summed E-state index contributed by atoms with van der Waals surface area (Å²) in [6, 6.07) is 8.09. The summed E-state index contributed by atoms with van der Waals surface area (Å²) < 4.78 is 59.5. The summed E-state index contributed by atoms with van der Waals surface area (Å²) in [7, 11) is 0. The maximum absolute atomic E-state index is 12.7. The first-order valence-electron chi connectivity index (χ1n) is 6.12. The van der Waals surface area contributed by atoms with E-state index in [0.717, 1.165) is 5.39 Å². The third-order valence-corrected chi connectivity index (χ3v) is 2.89. The van der Waals surface area contributed by atoms with Crippen molar-refractivity contribution in [2.24, 2.45) is 5.84 Å². The Morgan fingerprint density at radius 1 is 1.29 bits per heavy atom. The second-order valence-corrected chi connectivity index (χ2v) is 4.48. The maximum Gasteiger partial charge on any atom is 0.330 e. The molecule has 0 saturated heterocycles. The van der Waals surface area contributed by atoms with Crippen molar-refractivity contribution >= 4 is 11.0 Å². The molecule has 2 rings (SSSR count). The van der Waals surface area contributed by atoms with Crippen LogP contribution in [0.15, 0.2) is 34.7 Å². The molecule has 0 radical (unpaired) electrons. The van der Waals surface area contributed by atoms with Gasteiger partial charge in [-0.25, -0.2) is 14.2 Å². The highest BCUT2D eigenvalue weighted by Gasteiger charge is 2.41. The van der Waals surface area contributed by atoms with Crippen molar-refractivity contribution in [2.75, 3.05) is 13.2 Å². The van der Waals surface area contributed by atoms with Crippen LogP contribution in [0.4, 0.5) is 17.6 Å². The summed E-state index contributed by atoms with van der Waals surface area (Å²) in [6.45, 7) is -1.71. The number of hydrogen-bond donors (Lipinski definition) is 2. The number of furan rings is 1. The number of nitrogens with two attached hydrogens (primary N) is 1. The molecule has 2 aromatic rings. The van der Waals surface area contributed by atoms with Crippen LogP contribution < -0.4 is 11.3 Å². The SMILES string of the molecule is NNC(COCC(F)(F)C(F)F)c1cc2ccccc2o1. The lowest BCUT2D eigenvalue weighted by atomic mass is 10.2. The zero-order valence-corrected chi connectivity index (χ0v) is 10.9. The minimum atomic E-state index is -4.19. The summed E-state index contributed by atoms with van der Waals surface area (Å²) in [5, 5.41) is 0.811. The topological polar surface area (TPSA) is 60.4 Å². The molecule has 0 bridgehead atoms. The number of fused-ring (bicyclic) bond motifs is 1. The van der Waals surface area contributed by atoms with Gasteiger partial charge in [0.2, 0.25) is 0 Å². The number of alkyl halides is 4. The Kier molecular flexibility index (Phi) is 4.81. The number of rotatable bonds is 7. The van der Waals surface area contributed by atoms with Gasteiger partial charge in [0.1, 0.15) is 24.0 Å². The van der Waals surface area contributed by atoms with Crippen LogP contribution in [0.25, 0.3) is 11.0 Å². The van der Waals surface area contributed by atoms with Crippen LogP contribution in [0.5, 0.6) is 0 Å². The van der Waals surface area contributed by atoms with Gasteiger partial charge < -0.3 is 9.15 Å². The smallest absolute Gasteiger partial charge is 0.330 e. The summed E-state index contributed by atoms with van der Waals surface area (Å²) >= 11 is 0. The molecule has 0 aliphatic carbocycles. The van der Waals surface area contributed by atoms with Gasteiger partial charge >= 0.3 is 12.3 Å². The molecule has 0 aliphatic heterocycles. The first-order chi connectivity index (χ1) is 9.94. The number of benzene rings is 1. The molecule has 3 N–H and O–H groups in total. The van der Waals surface area contributed by atoms with Crippen molar-refractivity contribution < 1.29 is 26.7 Å². The molecule has 0 saturated carbocycles. The van der Waals surface area contributed by atoms with Crippen molar-refractivity contribution in [1.29, 1.82) is 0 Å². The Balaban J connectivity index is 2.00. The molecular weight excluding hydrogens is 292 g/mol. The van der Waals surface area contributed by atoms with E-state index in [4.69, 9.17) is 10.3 Å². The average molecular weight is 306 g/mol. The first kappa shape index (κ1) is 15.7. The Labute approximate surface area is 117 Å². The van der Waals surface area contributed by atoms with E-state index in [1.54, 1.807) is 18.2 Å². The molecule has 116 valence electrons. The average Bonchev–Trinajstić information content (AvgIpc) is 2.86. The summed E-state index contributed by atoms with van der Waals surface area (Å²) in [5.41, 5.74) is 2.95. The van der Waals surface area contributed by atoms with E-state index in [2.05, 4.69) is 10.2 Å². The Morgan fingerprint density at radius 2 is 2.00 bits per heavy atom. The van der Waals surface area contributed by atoms with Gasteiger partial charge in [0.05, 0.1) is 6.61 Å². The van der Waals surface area contributed by atoms with E-state index < -0.39 is 25.0 Å². The molecule has 1 atom stereocenters. The lowest BCUT2D eigenvalue weighted by molar-refractivity contribution is -0.167. The number of ether oxygens (including phenoxy) is 1. The summed E-state index contributed by atoms with van der Waals surface area (Å²) in [5.74, 6) is 1.50. The van der Waals surface area contributed by atoms with E-state index >= 15 is 0 Å². The molecule has 1 aromatic heterocycles. The van der Waals surface area contributed by atoms with E-state index in [1.807, 2.05) is 12.1 Å². The zero-order chi connectivity index (χ0) is 15.5. The molecule has 0 amide bonds. The molecule has 1 heterocycles. The van der Waals surface area contributed by atoms with Gasteiger partial charge in [-0.2, -0.15) is 8.78 Å². The van der Waals surface area contributed by atoms with E-state index in [9.17, 15) is 17.6 Å². The fourth-order valence-electron chi connectivity index (χ4n) is 1.76. The molecule has 21 heavy (non-hydrogen) atoms. The molecule has 0 aliphatic rings. The van der Waals surface area contributed by atoms with Crippen molar-refractivity contribution in [2.45, 2.75) is 18.4 Å². The molecule has 0 fully saturated rings. The monoisotopic (exact) mass is 306 g/mol. The number of halogens is 4. The highest BCUT2D eigenvalue weighted by molar-refractivity contribution is 5.77. The van der Waals surface area contributed by atoms with Crippen LogP contribution in [0.3, 0.4) is 0 Å².